The van der Waals surface area contributed by atoms with Gasteiger partial charge in [-0.3, -0.25) is 4.79 Å². The summed E-state index contributed by atoms with van der Waals surface area (Å²) in [6.45, 7) is 2.00. The molecule has 0 aliphatic rings. The van der Waals surface area contributed by atoms with Crippen molar-refractivity contribution in [1.29, 1.82) is 0 Å². The van der Waals surface area contributed by atoms with Crippen molar-refractivity contribution in [3.63, 3.8) is 0 Å². The van der Waals surface area contributed by atoms with E-state index in [-0.39, 0.29) is 11.8 Å². The number of halogens is 1. The molecule has 1 unspecified atom stereocenters. The lowest BCUT2D eigenvalue weighted by molar-refractivity contribution is -0.118. The van der Waals surface area contributed by atoms with Gasteiger partial charge < -0.3 is 5.73 Å². The lowest BCUT2D eigenvalue weighted by Crippen LogP contribution is -2.23. The number of rotatable bonds is 5. The highest BCUT2D eigenvalue weighted by molar-refractivity contribution is 9.11. The van der Waals surface area contributed by atoms with Gasteiger partial charge >= 0.3 is 0 Å². The number of hydrogen-bond donors (Lipinski definition) is 1. The molecule has 0 fully saturated rings. The molecule has 0 aromatic carbocycles. The van der Waals surface area contributed by atoms with Crippen LogP contribution in [0.5, 0.6) is 0 Å². The van der Waals surface area contributed by atoms with Crippen LogP contribution in [-0.4, -0.2) is 11.8 Å². The van der Waals surface area contributed by atoms with Gasteiger partial charge in [0.2, 0.25) is 0 Å². The van der Waals surface area contributed by atoms with E-state index < -0.39 is 0 Å². The Labute approximate surface area is 96.6 Å². The van der Waals surface area contributed by atoms with Crippen molar-refractivity contribution in [2.45, 2.75) is 32.2 Å². The SMILES string of the molecule is CCC(N)CC(=O)Cc1ccc(Br)s1. The molecule has 1 rings (SSSR count). The molecule has 0 radical (unpaired) electrons. The van der Waals surface area contributed by atoms with Crippen LogP contribution >= 0.6 is 27.3 Å². The predicted octanol–water partition coefficient (Wildman–Crippen LogP) is 2.75. The van der Waals surface area contributed by atoms with Gasteiger partial charge in [0.1, 0.15) is 5.78 Å². The Morgan fingerprint density at radius 1 is 1.64 bits per heavy atom. The molecule has 0 amide bonds. The summed E-state index contributed by atoms with van der Waals surface area (Å²) in [5.41, 5.74) is 5.71. The summed E-state index contributed by atoms with van der Waals surface area (Å²) in [7, 11) is 0. The molecule has 0 aliphatic heterocycles. The fourth-order valence-electron chi connectivity index (χ4n) is 1.15. The largest absolute Gasteiger partial charge is 0.327 e. The van der Waals surface area contributed by atoms with E-state index in [0.717, 1.165) is 15.1 Å². The fourth-order valence-corrected chi connectivity index (χ4v) is 2.66. The Morgan fingerprint density at radius 2 is 2.36 bits per heavy atom. The smallest absolute Gasteiger partial charge is 0.139 e. The molecule has 1 heterocycles. The standard InChI is InChI=1S/C10H14BrNOS/c1-2-7(12)5-8(13)6-9-3-4-10(11)14-9/h3-4,7H,2,5-6,12H2,1H3. The van der Waals surface area contributed by atoms with Gasteiger partial charge in [-0.1, -0.05) is 6.92 Å². The first-order valence-electron chi connectivity index (χ1n) is 4.63. The fraction of sp³-hybridized carbons (Fsp3) is 0.500. The third-order valence-corrected chi connectivity index (χ3v) is 3.64. The second-order valence-corrected chi connectivity index (χ2v) is 5.84. The minimum atomic E-state index is 0.0194. The molecule has 2 nitrogen and oxygen atoms in total. The highest BCUT2D eigenvalue weighted by Crippen LogP contribution is 2.22. The second-order valence-electron chi connectivity index (χ2n) is 3.29. The summed E-state index contributed by atoms with van der Waals surface area (Å²) in [4.78, 5) is 12.6. The molecule has 0 spiro atoms. The molecule has 1 atom stereocenters. The first kappa shape index (κ1) is 11.9. The highest BCUT2D eigenvalue weighted by atomic mass is 79.9. The molecule has 78 valence electrons. The zero-order valence-corrected chi connectivity index (χ0v) is 10.5. The monoisotopic (exact) mass is 275 g/mol. The normalized spacial score (nSPS) is 12.8. The molecule has 1 aromatic rings. The zero-order chi connectivity index (χ0) is 10.6. The van der Waals surface area contributed by atoms with Gasteiger partial charge in [0.15, 0.2) is 0 Å². The molecule has 0 aliphatic carbocycles. The van der Waals surface area contributed by atoms with Crippen LogP contribution in [0.1, 0.15) is 24.6 Å². The van der Waals surface area contributed by atoms with E-state index in [2.05, 4.69) is 15.9 Å². The molecule has 0 saturated carbocycles. The first-order valence-corrected chi connectivity index (χ1v) is 6.24. The van der Waals surface area contributed by atoms with Gasteiger partial charge in [0, 0.05) is 23.8 Å². The van der Waals surface area contributed by atoms with Gasteiger partial charge in [0.05, 0.1) is 3.79 Å². The van der Waals surface area contributed by atoms with Crippen molar-refractivity contribution in [3.05, 3.63) is 20.8 Å². The van der Waals surface area contributed by atoms with Crippen molar-refractivity contribution >= 4 is 33.0 Å². The summed E-state index contributed by atoms with van der Waals surface area (Å²) < 4.78 is 1.07. The van der Waals surface area contributed by atoms with Crippen LogP contribution in [0.4, 0.5) is 0 Å². The van der Waals surface area contributed by atoms with E-state index in [1.165, 1.54) is 0 Å². The minimum Gasteiger partial charge on any atom is -0.327 e. The van der Waals surface area contributed by atoms with E-state index >= 15 is 0 Å². The summed E-state index contributed by atoms with van der Waals surface area (Å²) in [6.07, 6.45) is 1.87. The van der Waals surface area contributed by atoms with Crippen LogP contribution in [0, 0.1) is 0 Å². The van der Waals surface area contributed by atoms with Crippen molar-refractivity contribution in [3.8, 4) is 0 Å². The van der Waals surface area contributed by atoms with Crippen molar-refractivity contribution < 1.29 is 4.79 Å². The highest BCUT2D eigenvalue weighted by Gasteiger charge is 2.09. The third-order valence-electron chi connectivity index (χ3n) is 2.01. The Hall–Kier alpha value is -0.190. The average Bonchev–Trinajstić information content (AvgIpc) is 2.50. The summed E-state index contributed by atoms with van der Waals surface area (Å²) in [6, 6.07) is 3.96. The van der Waals surface area contributed by atoms with Crippen LogP contribution < -0.4 is 5.73 Å². The third kappa shape index (κ3) is 3.90. The summed E-state index contributed by atoms with van der Waals surface area (Å²) in [5, 5.41) is 0. The lowest BCUT2D eigenvalue weighted by atomic mass is 10.1. The van der Waals surface area contributed by atoms with Crippen LogP contribution in [0.25, 0.3) is 0 Å². The van der Waals surface area contributed by atoms with E-state index in [0.29, 0.717) is 12.8 Å². The number of carbonyl (C=O) groups is 1. The Kier molecular flexibility index (Phi) is 4.78. The molecule has 2 N–H and O–H groups in total. The number of nitrogens with two attached hydrogens (primary N) is 1. The topological polar surface area (TPSA) is 43.1 Å². The van der Waals surface area contributed by atoms with E-state index in [9.17, 15) is 4.79 Å². The van der Waals surface area contributed by atoms with E-state index in [4.69, 9.17) is 5.73 Å². The molecule has 0 bridgehead atoms. The predicted molar refractivity (Wildman–Crippen MR) is 63.6 cm³/mol. The Bertz CT molecular complexity index is 311. The number of Topliss-reactive ketones (excluding diaryl/α,β-unsaturated/α-hetero) is 1. The van der Waals surface area contributed by atoms with E-state index in [1.807, 2.05) is 19.1 Å². The molecule has 4 heteroatoms. The van der Waals surface area contributed by atoms with Crippen LogP contribution in [0.15, 0.2) is 15.9 Å². The molecular weight excluding hydrogens is 262 g/mol. The van der Waals surface area contributed by atoms with Crippen molar-refractivity contribution in [2.75, 3.05) is 0 Å². The number of thiophene rings is 1. The quantitative estimate of drug-likeness (QED) is 0.898. The summed E-state index contributed by atoms with van der Waals surface area (Å²) >= 11 is 4.97. The number of carbonyl (C=O) groups excluding carboxylic acids is 1. The minimum absolute atomic E-state index is 0.0194. The van der Waals surface area contributed by atoms with Crippen molar-refractivity contribution in [2.24, 2.45) is 5.73 Å². The maximum atomic E-state index is 11.5. The van der Waals surface area contributed by atoms with Crippen LogP contribution in [-0.2, 0) is 11.2 Å². The Morgan fingerprint density at radius 3 is 2.86 bits per heavy atom. The van der Waals surface area contributed by atoms with Gasteiger partial charge in [-0.25, -0.2) is 0 Å². The maximum Gasteiger partial charge on any atom is 0.139 e. The van der Waals surface area contributed by atoms with Gasteiger partial charge in [0.25, 0.3) is 0 Å². The lowest BCUT2D eigenvalue weighted by Gasteiger charge is -2.05. The van der Waals surface area contributed by atoms with Crippen molar-refractivity contribution in [1.82, 2.24) is 0 Å². The zero-order valence-electron chi connectivity index (χ0n) is 8.13. The van der Waals surface area contributed by atoms with Gasteiger partial charge in [-0.15, -0.1) is 11.3 Å². The maximum absolute atomic E-state index is 11.5. The average molecular weight is 276 g/mol. The van der Waals surface area contributed by atoms with Crippen LogP contribution in [0.3, 0.4) is 0 Å². The Balaban J connectivity index is 2.41. The van der Waals surface area contributed by atoms with E-state index in [1.54, 1.807) is 11.3 Å². The van der Waals surface area contributed by atoms with Crippen LogP contribution in [0.2, 0.25) is 0 Å². The molecule has 0 saturated heterocycles. The second kappa shape index (κ2) is 5.63. The van der Waals surface area contributed by atoms with Gasteiger partial charge in [-0.2, -0.15) is 0 Å². The summed E-state index contributed by atoms with van der Waals surface area (Å²) in [5.74, 6) is 0.230. The molecule has 1 aromatic heterocycles. The first-order chi connectivity index (χ1) is 6.61. The molecule has 14 heavy (non-hydrogen) atoms. The molecular formula is C10H14BrNOS. The van der Waals surface area contributed by atoms with Gasteiger partial charge in [-0.05, 0) is 34.5 Å². The number of hydrogen-bond acceptors (Lipinski definition) is 3. The number of ketones is 1.